The van der Waals surface area contributed by atoms with Gasteiger partial charge in [0.15, 0.2) is 0 Å². The molecule has 0 saturated heterocycles. The lowest BCUT2D eigenvalue weighted by Gasteiger charge is -2.40. The van der Waals surface area contributed by atoms with Gasteiger partial charge >= 0.3 is 6.03 Å². The second-order valence-electron chi connectivity index (χ2n) is 4.48. The minimum absolute atomic E-state index is 0.120. The number of carbonyl (C=O) groups excluding carboxylic acids is 1. The summed E-state index contributed by atoms with van der Waals surface area (Å²) in [5, 5.41) is 5.82. The lowest BCUT2D eigenvalue weighted by molar-refractivity contribution is 0.219. The highest BCUT2D eigenvalue weighted by Gasteiger charge is 2.37. The molecule has 15 heavy (non-hydrogen) atoms. The zero-order chi connectivity index (χ0) is 11.1. The molecule has 0 spiro atoms. The number of benzene rings is 1. The quantitative estimate of drug-likeness (QED) is 0.725. The predicted octanol–water partition coefficient (Wildman–Crippen LogP) is 2.69. The zero-order valence-corrected chi connectivity index (χ0v) is 9.29. The Bertz CT molecular complexity index is 400. The van der Waals surface area contributed by atoms with Crippen molar-refractivity contribution in [2.75, 3.05) is 5.32 Å². The average Bonchev–Trinajstić information content (AvgIpc) is 2.17. The third-order valence-corrected chi connectivity index (χ3v) is 3.26. The summed E-state index contributed by atoms with van der Waals surface area (Å²) >= 11 is 0. The van der Waals surface area contributed by atoms with Crippen LogP contribution in [0.5, 0.6) is 0 Å². The molecule has 0 aliphatic carbocycles. The van der Waals surface area contributed by atoms with Crippen LogP contribution in [0.25, 0.3) is 0 Å². The lowest BCUT2D eigenvalue weighted by atomic mass is 9.80. The minimum atomic E-state index is -0.279. The van der Waals surface area contributed by atoms with Gasteiger partial charge in [-0.2, -0.15) is 0 Å². The number of anilines is 1. The van der Waals surface area contributed by atoms with Crippen molar-refractivity contribution in [1.29, 1.82) is 0 Å². The van der Waals surface area contributed by atoms with E-state index in [9.17, 15) is 4.79 Å². The third-order valence-electron chi connectivity index (χ3n) is 3.26. The Labute approximate surface area is 89.9 Å². The maximum atomic E-state index is 11.5. The Morgan fingerprint density at radius 3 is 2.60 bits per heavy atom. The first-order valence-electron chi connectivity index (χ1n) is 5.22. The number of nitrogens with one attached hydrogen (secondary N) is 2. The highest BCUT2D eigenvalue weighted by molar-refractivity contribution is 5.93. The number of hydrogen-bond donors (Lipinski definition) is 2. The van der Waals surface area contributed by atoms with Crippen molar-refractivity contribution < 1.29 is 4.79 Å². The molecule has 2 amide bonds. The molecule has 1 unspecified atom stereocenters. The van der Waals surface area contributed by atoms with Gasteiger partial charge in [-0.3, -0.25) is 0 Å². The van der Waals surface area contributed by atoms with Gasteiger partial charge in [-0.15, -0.1) is 0 Å². The molecule has 1 atom stereocenters. The molecule has 0 fully saturated rings. The molecule has 3 heteroatoms. The highest BCUT2D eigenvalue weighted by atomic mass is 16.2. The first-order valence-corrected chi connectivity index (χ1v) is 5.22. The molecule has 0 saturated carbocycles. The maximum absolute atomic E-state index is 11.5. The molecule has 1 aromatic carbocycles. The van der Waals surface area contributed by atoms with Crippen LogP contribution in [-0.4, -0.2) is 6.03 Å². The Morgan fingerprint density at radius 1 is 1.27 bits per heavy atom. The Hall–Kier alpha value is -1.51. The molecular weight excluding hydrogens is 188 g/mol. The van der Waals surface area contributed by atoms with Crippen LogP contribution in [0, 0.1) is 5.92 Å². The number of carbonyl (C=O) groups is 1. The van der Waals surface area contributed by atoms with Crippen molar-refractivity contribution in [3.8, 4) is 0 Å². The number of rotatable bonds is 1. The molecule has 1 aromatic rings. The normalized spacial score (nSPS) is 24.4. The van der Waals surface area contributed by atoms with Crippen molar-refractivity contribution in [1.82, 2.24) is 5.32 Å². The van der Waals surface area contributed by atoms with E-state index in [0.29, 0.717) is 5.92 Å². The molecule has 1 heterocycles. The van der Waals surface area contributed by atoms with Crippen molar-refractivity contribution in [2.24, 2.45) is 5.92 Å². The van der Waals surface area contributed by atoms with Crippen LogP contribution in [0.1, 0.15) is 26.3 Å². The second kappa shape index (κ2) is 3.26. The van der Waals surface area contributed by atoms with Crippen LogP contribution in [-0.2, 0) is 5.54 Å². The SMILES string of the molecule is CC(C)C1(C)NC(=O)Nc2ccccc21. The van der Waals surface area contributed by atoms with Gasteiger partial charge in [0.05, 0.1) is 5.54 Å². The van der Waals surface area contributed by atoms with Crippen LogP contribution in [0.4, 0.5) is 10.5 Å². The fraction of sp³-hybridized carbons (Fsp3) is 0.417. The van der Waals surface area contributed by atoms with Crippen molar-refractivity contribution in [2.45, 2.75) is 26.3 Å². The smallest absolute Gasteiger partial charge is 0.319 e. The summed E-state index contributed by atoms with van der Waals surface area (Å²) in [6, 6.07) is 7.81. The Kier molecular flexibility index (Phi) is 2.18. The van der Waals surface area contributed by atoms with Gasteiger partial charge in [-0.05, 0) is 18.9 Å². The van der Waals surface area contributed by atoms with Gasteiger partial charge in [0.25, 0.3) is 0 Å². The second-order valence-corrected chi connectivity index (χ2v) is 4.48. The Morgan fingerprint density at radius 2 is 1.93 bits per heavy atom. The van der Waals surface area contributed by atoms with E-state index < -0.39 is 0 Å². The molecule has 1 aliphatic rings. The van der Waals surface area contributed by atoms with Gasteiger partial charge in [0.1, 0.15) is 0 Å². The van der Waals surface area contributed by atoms with E-state index in [1.165, 1.54) is 0 Å². The van der Waals surface area contributed by atoms with Crippen LogP contribution < -0.4 is 10.6 Å². The molecule has 2 rings (SSSR count). The third kappa shape index (κ3) is 1.48. The van der Waals surface area contributed by atoms with Gasteiger partial charge in [0.2, 0.25) is 0 Å². The molecule has 80 valence electrons. The van der Waals surface area contributed by atoms with Crippen molar-refractivity contribution in [3.63, 3.8) is 0 Å². The first kappa shape index (κ1) is 10.0. The topological polar surface area (TPSA) is 41.1 Å². The highest BCUT2D eigenvalue weighted by Crippen LogP contribution is 2.36. The van der Waals surface area contributed by atoms with Gasteiger partial charge in [-0.25, -0.2) is 4.79 Å². The van der Waals surface area contributed by atoms with Crippen LogP contribution in [0.15, 0.2) is 24.3 Å². The standard InChI is InChI=1S/C12H16N2O/c1-8(2)12(3)9-6-4-5-7-10(9)13-11(15)14-12/h4-8H,1-3H3,(H2,13,14,15). The number of hydrogen-bond acceptors (Lipinski definition) is 1. The van der Waals surface area contributed by atoms with E-state index in [-0.39, 0.29) is 11.6 Å². The van der Waals surface area contributed by atoms with Gasteiger partial charge in [-0.1, -0.05) is 32.0 Å². The van der Waals surface area contributed by atoms with E-state index in [1.807, 2.05) is 18.2 Å². The Balaban J connectivity index is 2.56. The summed E-state index contributed by atoms with van der Waals surface area (Å²) in [5.74, 6) is 0.352. The molecule has 0 bridgehead atoms. The fourth-order valence-electron chi connectivity index (χ4n) is 1.96. The summed E-state index contributed by atoms with van der Waals surface area (Å²) in [6.07, 6.45) is 0. The van der Waals surface area contributed by atoms with Crippen LogP contribution in [0.2, 0.25) is 0 Å². The number of fused-ring (bicyclic) bond motifs is 1. The number of urea groups is 1. The molecular formula is C12H16N2O. The monoisotopic (exact) mass is 204 g/mol. The predicted molar refractivity (Wildman–Crippen MR) is 60.8 cm³/mol. The van der Waals surface area contributed by atoms with E-state index in [4.69, 9.17) is 0 Å². The first-order chi connectivity index (χ1) is 7.04. The number of amides is 2. The lowest BCUT2D eigenvalue weighted by Crippen LogP contribution is -2.52. The molecule has 3 nitrogen and oxygen atoms in total. The summed E-state index contributed by atoms with van der Waals surface area (Å²) in [7, 11) is 0. The maximum Gasteiger partial charge on any atom is 0.319 e. The molecule has 1 aliphatic heterocycles. The van der Waals surface area contributed by atoms with Crippen LogP contribution in [0.3, 0.4) is 0 Å². The molecule has 0 aromatic heterocycles. The summed E-state index contributed by atoms with van der Waals surface area (Å²) in [5.41, 5.74) is 1.79. The minimum Gasteiger partial charge on any atom is -0.328 e. The largest absolute Gasteiger partial charge is 0.328 e. The van der Waals surface area contributed by atoms with E-state index in [0.717, 1.165) is 11.3 Å². The van der Waals surface area contributed by atoms with E-state index >= 15 is 0 Å². The van der Waals surface area contributed by atoms with Crippen LogP contribution >= 0.6 is 0 Å². The van der Waals surface area contributed by atoms with Crippen molar-refractivity contribution >= 4 is 11.7 Å². The average molecular weight is 204 g/mol. The van der Waals surface area contributed by atoms with Gasteiger partial charge < -0.3 is 10.6 Å². The fourth-order valence-corrected chi connectivity index (χ4v) is 1.96. The van der Waals surface area contributed by atoms with Crippen molar-refractivity contribution in [3.05, 3.63) is 29.8 Å². The summed E-state index contributed by atoms with van der Waals surface area (Å²) in [6.45, 7) is 6.29. The zero-order valence-electron chi connectivity index (χ0n) is 9.29. The number of para-hydroxylation sites is 1. The summed E-state index contributed by atoms with van der Waals surface area (Å²) < 4.78 is 0. The van der Waals surface area contributed by atoms with E-state index in [2.05, 4.69) is 37.5 Å². The van der Waals surface area contributed by atoms with Gasteiger partial charge in [0, 0.05) is 11.3 Å². The summed E-state index contributed by atoms with van der Waals surface area (Å²) in [4.78, 5) is 11.5. The molecule has 0 radical (unpaired) electrons. The van der Waals surface area contributed by atoms with E-state index in [1.54, 1.807) is 0 Å². The molecule has 2 N–H and O–H groups in total.